The number of carbonyl (C=O) groups excluding carboxylic acids is 2. The van der Waals surface area contributed by atoms with Crippen LogP contribution >= 0.6 is 0 Å². The zero-order valence-electron chi connectivity index (χ0n) is 12.5. The van der Waals surface area contributed by atoms with Crippen molar-refractivity contribution in [1.82, 2.24) is 0 Å². The Morgan fingerprint density at radius 3 is 1.29 bits per heavy atom. The first-order valence-corrected chi connectivity index (χ1v) is 6.25. The first-order valence-electron chi connectivity index (χ1n) is 6.25. The van der Waals surface area contributed by atoms with Crippen molar-refractivity contribution < 1.29 is 56.5 Å². The maximum atomic E-state index is 10.1. The number of aromatic hydroxyl groups is 2. The monoisotopic (exact) mass is 368 g/mol. The van der Waals surface area contributed by atoms with Crippen molar-refractivity contribution in [1.29, 1.82) is 0 Å². The first-order chi connectivity index (χ1) is 11.0. The minimum atomic E-state index is -1.19. The Kier molecular flexibility index (Phi) is 14.0. The number of rotatable bonds is 3. The molecule has 8 heteroatoms. The van der Waals surface area contributed by atoms with Gasteiger partial charge in [-0.3, -0.25) is 9.59 Å². The van der Waals surface area contributed by atoms with E-state index < -0.39 is 12.6 Å². The van der Waals surface area contributed by atoms with E-state index in [0.29, 0.717) is 23.7 Å². The molecule has 0 aromatic heterocycles. The molecule has 0 fully saturated rings. The number of phenolic OH excluding ortho intramolecular Hbond substituents is 2. The smallest absolute Gasteiger partial charge is 0.329 e. The number of benzene rings is 2. The minimum absolute atomic E-state index is 0. The SMILES string of the molecule is O=C(O)CO.O=Cc1ccccc1O.O=Cc1ccccc1O.[Ti]. The number of carboxylic acid groups (broad SMARTS) is 1. The molecule has 2 aromatic carbocycles. The number of aliphatic hydroxyl groups excluding tert-OH is 1. The second-order valence-corrected chi connectivity index (χ2v) is 3.91. The van der Waals surface area contributed by atoms with E-state index in [2.05, 4.69) is 0 Å². The normalized spacial score (nSPS) is 8.21. The summed E-state index contributed by atoms with van der Waals surface area (Å²) in [4.78, 5) is 29.3. The van der Waals surface area contributed by atoms with Gasteiger partial charge in [0.25, 0.3) is 0 Å². The second kappa shape index (κ2) is 14.1. The van der Waals surface area contributed by atoms with Crippen molar-refractivity contribution in [3.63, 3.8) is 0 Å². The van der Waals surface area contributed by atoms with E-state index in [1.54, 1.807) is 36.4 Å². The van der Waals surface area contributed by atoms with Gasteiger partial charge in [-0.05, 0) is 24.3 Å². The van der Waals surface area contributed by atoms with Crippen LogP contribution < -0.4 is 0 Å². The molecular formula is C16H16O7Ti. The van der Waals surface area contributed by atoms with Crippen molar-refractivity contribution in [2.75, 3.05) is 6.61 Å². The van der Waals surface area contributed by atoms with Crippen LogP contribution in [0.25, 0.3) is 0 Å². The van der Waals surface area contributed by atoms with Gasteiger partial charge in [0.2, 0.25) is 0 Å². The zero-order chi connectivity index (χ0) is 17.7. The Hall–Kier alpha value is -2.48. The molecule has 4 N–H and O–H groups in total. The number of aldehydes is 2. The van der Waals surface area contributed by atoms with Crippen LogP contribution in [0.3, 0.4) is 0 Å². The van der Waals surface area contributed by atoms with Crippen molar-refractivity contribution in [2.24, 2.45) is 0 Å². The maximum absolute atomic E-state index is 10.1. The Balaban J connectivity index is 0. The van der Waals surface area contributed by atoms with Gasteiger partial charge in [0.1, 0.15) is 18.1 Å². The van der Waals surface area contributed by atoms with Crippen molar-refractivity contribution in [3.05, 3.63) is 59.7 Å². The van der Waals surface area contributed by atoms with E-state index in [1.165, 1.54) is 12.1 Å². The van der Waals surface area contributed by atoms with Crippen LogP contribution in [-0.2, 0) is 26.5 Å². The third kappa shape index (κ3) is 10.3. The second-order valence-electron chi connectivity index (χ2n) is 3.91. The van der Waals surface area contributed by atoms with Crippen LogP contribution in [0.5, 0.6) is 11.5 Å². The molecule has 0 aliphatic rings. The van der Waals surface area contributed by atoms with Crippen LogP contribution in [-0.4, -0.2) is 45.6 Å². The molecule has 0 radical (unpaired) electrons. The summed E-state index contributed by atoms with van der Waals surface area (Å²) in [5.74, 6) is -1.12. The molecule has 0 bridgehead atoms. The van der Waals surface area contributed by atoms with Crippen LogP contribution in [0, 0.1) is 0 Å². The van der Waals surface area contributed by atoms with E-state index in [4.69, 9.17) is 25.2 Å². The van der Waals surface area contributed by atoms with Gasteiger partial charge in [-0.15, -0.1) is 0 Å². The molecule has 0 spiro atoms. The number of carboxylic acids is 1. The molecule has 0 saturated carbocycles. The number of para-hydroxylation sites is 2. The van der Waals surface area contributed by atoms with E-state index in [-0.39, 0.29) is 33.2 Å². The molecule has 0 aliphatic carbocycles. The number of aliphatic carboxylic acids is 1. The average Bonchev–Trinajstić information content (AvgIpc) is 2.57. The molecule has 0 unspecified atom stereocenters. The summed E-state index contributed by atoms with van der Waals surface area (Å²) in [6.45, 7) is -0.778. The molecule has 0 atom stereocenters. The van der Waals surface area contributed by atoms with Crippen LogP contribution in [0.2, 0.25) is 0 Å². The maximum Gasteiger partial charge on any atom is 0.329 e. The Bertz CT molecular complexity index is 594. The predicted molar refractivity (Wildman–Crippen MR) is 81.7 cm³/mol. The van der Waals surface area contributed by atoms with Gasteiger partial charge in [-0.2, -0.15) is 0 Å². The Labute approximate surface area is 153 Å². The van der Waals surface area contributed by atoms with Gasteiger partial charge in [-0.1, -0.05) is 24.3 Å². The van der Waals surface area contributed by atoms with E-state index in [0.717, 1.165) is 0 Å². The van der Waals surface area contributed by atoms with Crippen molar-refractivity contribution >= 4 is 18.5 Å². The van der Waals surface area contributed by atoms with Crippen LogP contribution in [0.15, 0.2) is 48.5 Å². The van der Waals surface area contributed by atoms with Gasteiger partial charge in [0, 0.05) is 21.7 Å². The standard InChI is InChI=1S/2C7H6O2.C2H4O3.Ti/c2*8-5-6-3-1-2-4-7(6)9;3-1-2(4)5;/h2*1-5,9H;3H,1H2,(H,4,5);. The number of hydrogen-bond donors (Lipinski definition) is 4. The topological polar surface area (TPSA) is 132 Å². The van der Waals surface area contributed by atoms with Crippen molar-refractivity contribution in [2.45, 2.75) is 0 Å². The summed E-state index contributed by atoms with van der Waals surface area (Å²) in [6, 6.07) is 12.8. The summed E-state index contributed by atoms with van der Waals surface area (Å²) in [5, 5.41) is 32.8. The molecule has 7 nitrogen and oxygen atoms in total. The van der Waals surface area contributed by atoms with Gasteiger partial charge in [0.15, 0.2) is 12.6 Å². The molecule has 2 aromatic rings. The largest absolute Gasteiger partial charge is 0.507 e. The summed E-state index contributed by atoms with van der Waals surface area (Å²) in [6.07, 6.45) is 1.24. The fraction of sp³-hybridized carbons (Fsp3) is 0.0625. The average molecular weight is 368 g/mol. The summed E-state index contributed by atoms with van der Waals surface area (Å²) < 4.78 is 0. The number of carbonyl (C=O) groups is 3. The molecule has 126 valence electrons. The number of hydrogen-bond acceptors (Lipinski definition) is 6. The van der Waals surface area contributed by atoms with E-state index >= 15 is 0 Å². The first kappa shape index (κ1) is 23.8. The predicted octanol–water partition coefficient (Wildman–Crippen LogP) is 1.47. The quantitative estimate of drug-likeness (QED) is 0.476. The Morgan fingerprint density at radius 2 is 1.12 bits per heavy atom. The molecule has 0 aliphatic heterocycles. The molecular weight excluding hydrogens is 352 g/mol. The third-order valence-electron chi connectivity index (χ3n) is 2.26. The third-order valence-corrected chi connectivity index (χ3v) is 2.26. The molecule has 24 heavy (non-hydrogen) atoms. The van der Waals surface area contributed by atoms with E-state index in [9.17, 15) is 9.59 Å². The van der Waals surface area contributed by atoms with Gasteiger partial charge < -0.3 is 20.4 Å². The molecule has 2 rings (SSSR count). The van der Waals surface area contributed by atoms with Gasteiger partial charge in [0.05, 0.1) is 11.1 Å². The minimum Gasteiger partial charge on any atom is -0.507 e. The number of phenols is 2. The van der Waals surface area contributed by atoms with Crippen molar-refractivity contribution in [3.8, 4) is 11.5 Å². The van der Waals surface area contributed by atoms with Gasteiger partial charge in [-0.25, -0.2) is 4.79 Å². The van der Waals surface area contributed by atoms with Gasteiger partial charge >= 0.3 is 5.97 Å². The fourth-order valence-electron chi connectivity index (χ4n) is 1.17. The molecule has 0 saturated heterocycles. The summed E-state index contributed by atoms with van der Waals surface area (Å²) in [7, 11) is 0. The number of aliphatic hydroxyl groups is 1. The molecule has 0 heterocycles. The summed E-state index contributed by atoms with van der Waals surface area (Å²) >= 11 is 0. The molecule has 0 amide bonds. The van der Waals surface area contributed by atoms with Crippen LogP contribution in [0.1, 0.15) is 20.7 Å². The Morgan fingerprint density at radius 1 is 0.833 bits per heavy atom. The zero-order valence-corrected chi connectivity index (χ0v) is 14.1. The van der Waals surface area contributed by atoms with E-state index in [1.807, 2.05) is 0 Å². The fourth-order valence-corrected chi connectivity index (χ4v) is 1.17. The van der Waals surface area contributed by atoms with Crippen LogP contribution in [0.4, 0.5) is 0 Å². The summed E-state index contributed by atoms with van der Waals surface area (Å²) in [5.41, 5.74) is 0.662.